The maximum Gasteiger partial charge on any atom is 0.258 e. The largest absolute Gasteiger partial charge is 0.486 e. The molecule has 9 heteroatoms. The molecule has 3 atom stereocenters. The van der Waals surface area contributed by atoms with Crippen molar-refractivity contribution in [3.8, 4) is 16.3 Å². The zero-order valence-corrected chi connectivity index (χ0v) is 23.5. The molecule has 2 heterocycles. The third-order valence-electron chi connectivity index (χ3n) is 7.52. The third-order valence-corrected chi connectivity index (χ3v) is 8.35. The minimum absolute atomic E-state index is 0.0138. The van der Waals surface area contributed by atoms with Crippen LogP contribution in [0.1, 0.15) is 47.4 Å². The Bertz CT molecular complexity index is 1290. The Labute approximate surface area is 233 Å². The van der Waals surface area contributed by atoms with E-state index in [4.69, 9.17) is 4.74 Å². The number of carbonyl (C=O) groups is 2. The molecule has 5 rings (SSSR count). The Morgan fingerprint density at radius 1 is 1.23 bits per heavy atom. The quantitative estimate of drug-likeness (QED) is 0.405. The lowest BCUT2D eigenvalue weighted by Gasteiger charge is -2.38. The number of amides is 2. The summed E-state index contributed by atoms with van der Waals surface area (Å²) < 4.78 is 6.62. The van der Waals surface area contributed by atoms with Crippen LogP contribution in [0, 0.1) is 11.8 Å². The Morgan fingerprint density at radius 2 is 2.00 bits per heavy atom. The predicted octanol–water partition coefficient (Wildman–Crippen LogP) is 4.62. The molecular weight excluding hydrogens is 512 g/mol. The van der Waals surface area contributed by atoms with Crippen LogP contribution in [0.2, 0.25) is 0 Å². The number of aliphatic hydroxyl groups is 1. The van der Waals surface area contributed by atoms with E-state index in [1.165, 1.54) is 12.8 Å². The van der Waals surface area contributed by atoms with Gasteiger partial charge in [0.2, 0.25) is 0 Å². The van der Waals surface area contributed by atoms with E-state index in [0.717, 1.165) is 23.0 Å². The number of hydrogen-bond donors (Lipinski definition) is 2. The van der Waals surface area contributed by atoms with Gasteiger partial charge in [-0.3, -0.25) is 9.59 Å². The van der Waals surface area contributed by atoms with Gasteiger partial charge in [-0.1, -0.05) is 25.1 Å². The Hall–Kier alpha value is -3.27. The van der Waals surface area contributed by atoms with Crippen LogP contribution in [-0.2, 0) is 0 Å². The number of benzene rings is 2. The van der Waals surface area contributed by atoms with Crippen molar-refractivity contribution in [3.63, 3.8) is 0 Å². The van der Waals surface area contributed by atoms with Gasteiger partial charge in [-0.2, -0.15) is 0 Å². The molecule has 0 unspecified atom stereocenters. The van der Waals surface area contributed by atoms with E-state index in [0.29, 0.717) is 35.7 Å². The number of anilines is 1. The number of nitrogens with one attached hydrogen (secondary N) is 1. The van der Waals surface area contributed by atoms with Crippen molar-refractivity contribution in [2.24, 2.45) is 11.8 Å². The molecule has 206 valence electrons. The number of aliphatic hydroxyl groups excluding tert-OH is 1. The Morgan fingerprint density at radius 3 is 2.67 bits per heavy atom. The highest BCUT2D eigenvalue weighted by Gasteiger charge is 2.35. The number of fused-ring (bicyclic) bond motifs is 1. The summed E-state index contributed by atoms with van der Waals surface area (Å²) >= 11 is 1.54. The number of likely N-dealkylation sites (N-methyl/N-ethyl adjacent to an activating group) is 1. The lowest BCUT2D eigenvalue weighted by molar-refractivity contribution is 0.0345. The normalized spacial score (nSPS) is 20.1. The first-order chi connectivity index (χ1) is 18.8. The smallest absolute Gasteiger partial charge is 0.258 e. The molecular formula is C30H36N4O4S. The van der Waals surface area contributed by atoms with Gasteiger partial charge < -0.3 is 25.0 Å². The molecule has 2 aromatic carbocycles. The second-order valence-electron chi connectivity index (χ2n) is 10.8. The summed E-state index contributed by atoms with van der Waals surface area (Å²) in [4.78, 5) is 35.3. The molecule has 0 bridgehead atoms. The van der Waals surface area contributed by atoms with Gasteiger partial charge in [-0.05, 0) is 57.0 Å². The van der Waals surface area contributed by atoms with Gasteiger partial charge in [0.05, 0.1) is 23.9 Å². The minimum atomic E-state index is -0.342. The number of para-hydroxylation sites is 1. The molecule has 2 N–H and O–H groups in total. The number of carbonyl (C=O) groups excluding carboxylic acids is 2. The molecule has 0 spiro atoms. The van der Waals surface area contributed by atoms with Gasteiger partial charge in [0.15, 0.2) is 5.75 Å². The van der Waals surface area contributed by atoms with Crippen molar-refractivity contribution in [1.82, 2.24) is 14.8 Å². The third kappa shape index (κ3) is 6.32. The number of rotatable bonds is 9. The van der Waals surface area contributed by atoms with Gasteiger partial charge >= 0.3 is 0 Å². The topological polar surface area (TPSA) is 95.0 Å². The van der Waals surface area contributed by atoms with Crippen molar-refractivity contribution >= 4 is 28.8 Å². The molecule has 3 aromatic rings. The molecule has 0 saturated heterocycles. The summed E-state index contributed by atoms with van der Waals surface area (Å²) in [5, 5.41) is 15.7. The summed E-state index contributed by atoms with van der Waals surface area (Å²) in [6.45, 7) is 5.99. The second-order valence-corrected chi connectivity index (χ2v) is 11.7. The van der Waals surface area contributed by atoms with E-state index in [-0.39, 0.29) is 36.5 Å². The van der Waals surface area contributed by atoms with E-state index >= 15 is 0 Å². The van der Waals surface area contributed by atoms with E-state index < -0.39 is 0 Å². The highest BCUT2D eigenvalue weighted by molar-refractivity contribution is 7.13. The zero-order chi connectivity index (χ0) is 27.5. The molecule has 2 amide bonds. The summed E-state index contributed by atoms with van der Waals surface area (Å²) in [5.74, 6) is 0.632. The standard InChI is InChI=1S/C30H36N4O4S/c1-19-15-34(20(2)18-35)30(37)24-5-4-6-25(27(24)38-26(19)17-33(3)16-21-7-8-21)32-28(36)22-9-11-23(12-10-22)29-31-13-14-39-29/h4-6,9-14,19-21,26,35H,7-8,15-18H2,1-3H3,(H,32,36)/t19-,20-,26-/m0/s1. The number of hydrogen-bond acceptors (Lipinski definition) is 7. The van der Waals surface area contributed by atoms with E-state index in [9.17, 15) is 14.7 Å². The zero-order valence-electron chi connectivity index (χ0n) is 22.7. The molecule has 1 fully saturated rings. The highest BCUT2D eigenvalue weighted by Crippen LogP contribution is 2.36. The fourth-order valence-electron chi connectivity index (χ4n) is 5.01. The second kappa shape index (κ2) is 11.9. The van der Waals surface area contributed by atoms with Crippen LogP contribution < -0.4 is 10.1 Å². The van der Waals surface area contributed by atoms with E-state index in [2.05, 4.69) is 29.2 Å². The predicted molar refractivity (Wildman–Crippen MR) is 153 cm³/mol. The SMILES string of the molecule is C[C@H]1CN([C@@H](C)CO)C(=O)c2cccc(NC(=O)c3ccc(-c4nccs4)cc3)c2O[C@H]1CN(C)CC1CC1. The number of nitrogens with zero attached hydrogens (tertiary/aromatic N) is 3. The van der Waals surface area contributed by atoms with Crippen LogP contribution in [0.4, 0.5) is 5.69 Å². The average molecular weight is 549 g/mol. The lowest BCUT2D eigenvalue weighted by Crippen LogP contribution is -2.50. The Kier molecular flexibility index (Phi) is 8.30. The van der Waals surface area contributed by atoms with Gasteiger partial charge in [-0.25, -0.2) is 4.98 Å². The van der Waals surface area contributed by atoms with Crippen molar-refractivity contribution in [2.75, 3.05) is 38.6 Å². The van der Waals surface area contributed by atoms with Crippen LogP contribution in [0.3, 0.4) is 0 Å². The first-order valence-electron chi connectivity index (χ1n) is 13.5. The van der Waals surface area contributed by atoms with E-state index in [1.54, 1.807) is 52.8 Å². The molecule has 39 heavy (non-hydrogen) atoms. The molecule has 1 aromatic heterocycles. The van der Waals surface area contributed by atoms with Crippen LogP contribution in [0.15, 0.2) is 54.0 Å². The van der Waals surface area contributed by atoms with Crippen LogP contribution in [0.5, 0.6) is 5.75 Å². The number of aromatic nitrogens is 1. The minimum Gasteiger partial charge on any atom is -0.486 e. The Balaban J connectivity index is 1.43. The summed E-state index contributed by atoms with van der Waals surface area (Å²) in [6, 6.07) is 12.2. The van der Waals surface area contributed by atoms with E-state index in [1.807, 2.05) is 24.4 Å². The molecule has 1 aliphatic heterocycles. The first-order valence-corrected chi connectivity index (χ1v) is 14.4. The molecule has 2 aliphatic rings. The fourth-order valence-corrected chi connectivity index (χ4v) is 5.65. The van der Waals surface area contributed by atoms with Crippen molar-refractivity contribution in [1.29, 1.82) is 0 Å². The highest BCUT2D eigenvalue weighted by atomic mass is 32.1. The fraction of sp³-hybridized carbons (Fsp3) is 0.433. The maximum absolute atomic E-state index is 13.7. The number of ether oxygens (including phenoxy) is 1. The summed E-state index contributed by atoms with van der Waals surface area (Å²) in [5.41, 5.74) is 2.28. The molecule has 1 aliphatic carbocycles. The molecule has 8 nitrogen and oxygen atoms in total. The monoisotopic (exact) mass is 548 g/mol. The first kappa shape index (κ1) is 27.3. The lowest BCUT2D eigenvalue weighted by atomic mass is 9.99. The van der Waals surface area contributed by atoms with Crippen LogP contribution in [-0.4, -0.2) is 77.1 Å². The summed E-state index contributed by atoms with van der Waals surface area (Å²) in [6.07, 6.45) is 4.09. The van der Waals surface area contributed by atoms with Gasteiger partial charge in [0, 0.05) is 48.3 Å². The molecule has 1 saturated carbocycles. The van der Waals surface area contributed by atoms with Crippen molar-refractivity contribution in [3.05, 3.63) is 65.2 Å². The maximum atomic E-state index is 13.7. The van der Waals surface area contributed by atoms with Crippen LogP contribution in [0.25, 0.3) is 10.6 Å². The average Bonchev–Trinajstić information content (AvgIpc) is 3.57. The van der Waals surface area contributed by atoms with Gasteiger partial charge in [0.1, 0.15) is 11.1 Å². The van der Waals surface area contributed by atoms with Crippen molar-refractivity contribution < 1.29 is 19.4 Å². The van der Waals surface area contributed by atoms with Crippen LogP contribution >= 0.6 is 11.3 Å². The van der Waals surface area contributed by atoms with Crippen molar-refractivity contribution in [2.45, 2.75) is 38.8 Å². The van der Waals surface area contributed by atoms with Gasteiger partial charge in [-0.15, -0.1) is 11.3 Å². The number of thiazole rings is 1. The van der Waals surface area contributed by atoms with Gasteiger partial charge in [0.25, 0.3) is 11.8 Å². The molecule has 0 radical (unpaired) electrons. The summed E-state index contributed by atoms with van der Waals surface area (Å²) in [7, 11) is 2.11.